The van der Waals surface area contributed by atoms with Crippen LogP contribution in [0.3, 0.4) is 0 Å². The first-order valence-electron chi connectivity index (χ1n) is 20.6. The molecule has 0 aliphatic heterocycles. The summed E-state index contributed by atoms with van der Waals surface area (Å²) in [5.74, 6) is 0. The predicted molar refractivity (Wildman–Crippen MR) is 248 cm³/mol. The summed E-state index contributed by atoms with van der Waals surface area (Å²) in [6.07, 6.45) is 0. The van der Waals surface area contributed by atoms with Crippen LogP contribution in [0.25, 0.3) is 53.6 Å². The SMILES string of the molecule is CC1(c2c(N(c3ccccc3)c3ccc4c(c3)C3(c5ccccc5-c5ccccc53)c3ccccc3-4)ccc3c2sc2ccccc23)c2ccccc2-c2ccccc21. The van der Waals surface area contributed by atoms with Crippen LogP contribution in [0.1, 0.15) is 45.9 Å². The molecule has 9 aromatic carbocycles. The van der Waals surface area contributed by atoms with E-state index in [9.17, 15) is 0 Å². The molecule has 3 aliphatic rings. The molecule has 0 saturated carbocycles. The van der Waals surface area contributed by atoms with Gasteiger partial charge in [-0.2, -0.15) is 0 Å². The van der Waals surface area contributed by atoms with Gasteiger partial charge < -0.3 is 4.90 Å². The highest BCUT2D eigenvalue weighted by molar-refractivity contribution is 7.26. The number of hydrogen-bond donors (Lipinski definition) is 0. The highest BCUT2D eigenvalue weighted by Crippen LogP contribution is 2.64. The lowest BCUT2D eigenvalue weighted by molar-refractivity contribution is 0.722. The molecule has 0 radical (unpaired) electrons. The Morgan fingerprint density at radius 1 is 0.373 bits per heavy atom. The second-order valence-corrected chi connectivity index (χ2v) is 17.5. The van der Waals surface area contributed by atoms with Crippen LogP contribution in [0.4, 0.5) is 17.1 Å². The average Bonchev–Trinajstić information content (AvgIpc) is 4.00. The Hall–Kier alpha value is -7.00. The van der Waals surface area contributed by atoms with Crippen molar-refractivity contribution in [3.8, 4) is 33.4 Å². The topological polar surface area (TPSA) is 3.24 Å². The lowest BCUT2D eigenvalue weighted by Crippen LogP contribution is -2.27. The Kier molecular flexibility index (Phi) is 6.73. The third-order valence-electron chi connectivity index (χ3n) is 13.7. The molecule has 276 valence electrons. The standard InChI is InChI=1S/C57H37NS/c1-56(46-25-11-5-19-38(46)39-20-6-12-26-47(39)56)54-52(34-33-45-44-24-10-16-30-53(44)59-55(45)54)58(36-17-3-2-4-18-36)37-31-32-43-42-23-9-15-29-50(42)57(51(43)35-37)48-27-13-7-21-40(48)41-22-8-14-28-49(41)57/h2-35H,1H3. The van der Waals surface area contributed by atoms with Gasteiger partial charge >= 0.3 is 0 Å². The summed E-state index contributed by atoms with van der Waals surface area (Å²) in [5.41, 5.74) is 19.9. The van der Waals surface area contributed by atoms with Crippen LogP contribution in [-0.2, 0) is 10.8 Å². The fourth-order valence-electron chi connectivity index (χ4n) is 11.4. The van der Waals surface area contributed by atoms with Gasteiger partial charge in [-0.15, -0.1) is 11.3 Å². The van der Waals surface area contributed by atoms with Gasteiger partial charge in [0.05, 0.1) is 11.1 Å². The molecule has 0 atom stereocenters. The van der Waals surface area contributed by atoms with Gasteiger partial charge in [0, 0.05) is 42.5 Å². The third-order valence-corrected chi connectivity index (χ3v) is 14.9. The quantitative estimate of drug-likeness (QED) is 0.172. The fourth-order valence-corrected chi connectivity index (χ4v) is 12.7. The van der Waals surface area contributed by atoms with E-state index in [1.807, 2.05) is 11.3 Å². The minimum Gasteiger partial charge on any atom is -0.310 e. The Labute approximate surface area is 348 Å². The van der Waals surface area contributed by atoms with Gasteiger partial charge in [0.2, 0.25) is 0 Å². The number of hydrogen-bond acceptors (Lipinski definition) is 2. The van der Waals surface area contributed by atoms with Crippen molar-refractivity contribution < 1.29 is 0 Å². The smallest absolute Gasteiger partial charge is 0.0726 e. The first-order valence-corrected chi connectivity index (χ1v) is 21.4. The number of thiophene rings is 1. The van der Waals surface area contributed by atoms with E-state index in [0.717, 1.165) is 11.4 Å². The van der Waals surface area contributed by atoms with E-state index in [1.54, 1.807) is 0 Å². The highest BCUT2D eigenvalue weighted by Gasteiger charge is 2.52. The summed E-state index contributed by atoms with van der Waals surface area (Å²) < 4.78 is 2.65. The van der Waals surface area contributed by atoms with Gasteiger partial charge in [-0.05, 0) is 110 Å². The maximum atomic E-state index is 2.55. The molecule has 1 nitrogen and oxygen atoms in total. The molecule has 0 saturated heterocycles. The second-order valence-electron chi connectivity index (χ2n) is 16.4. The summed E-state index contributed by atoms with van der Waals surface area (Å²) >= 11 is 1.93. The lowest BCUT2D eigenvalue weighted by atomic mass is 9.70. The molecule has 0 fully saturated rings. The van der Waals surface area contributed by atoms with Gasteiger partial charge in [-0.1, -0.05) is 170 Å². The third kappa shape index (κ3) is 4.19. The monoisotopic (exact) mass is 767 g/mol. The van der Waals surface area contributed by atoms with Crippen molar-refractivity contribution in [1.82, 2.24) is 0 Å². The van der Waals surface area contributed by atoms with Crippen LogP contribution in [0.2, 0.25) is 0 Å². The molecule has 1 spiro atoms. The molecule has 2 heteroatoms. The first kappa shape index (κ1) is 33.0. The molecule has 59 heavy (non-hydrogen) atoms. The van der Waals surface area contributed by atoms with Crippen LogP contribution in [0.5, 0.6) is 0 Å². The largest absolute Gasteiger partial charge is 0.310 e. The van der Waals surface area contributed by atoms with Crippen molar-refractivity contribution in [1.29, 1.82) is 0 Å². The fraction of sp³-hybridized carbons (Fsp3) is 0.0526. The minimum absolute atomic E-state index is 0.437. The van der Waals surface area contributed by atoms with Crippen molar-refractivity contribution in [2.45, 2.75) is 17.8 Å². The number of anilines is 3. The molecule has 3 aliphatic carbocycles. The highest BCUT2D eigenvalue weighted by atomic mass is 32.1. The number of nitrogens with zero attached hydrogens (tertiary/aromatic N) is 1. The maximum absolute atomic E-state index is 2.55. The van der Waals surface area contributed by atoms with Gasteiger partial charge in [-0.3, -0.25) is 0 Å². The minimum atomic E-state index is -0.439. The number of para-hydroxylation sites is 1. The average molecular weight is 768 g/mol. The molecule has 0 N–H and O–H groups in total. The maximum Gasteiger partial charge on any atom is 0.0726 e. The van der Waals surface area contributed by atoms with Gasteiger partial charge in [0.25, 0.3) is 0 Å². The van der Waals surface area contributed by atoms with Gasteiger partial charge in [0.15, 0.2) is 0 Å². The van der Waals surface area contributed by atoms with Crippen molar-refractivity contribution in [2.75, 3.05) is 4.90 Å². The van der Waals surface area contributed by atoms with Crippen LogP contribution >= 0.6 is 11.3 Å². The molecular formula is C57H37NS. The number of benzene rings is 9. The van der Waals surface area contributed by atoms with Crippen LogP contribution in [0.15, 0.2) is 206 Å². The Morgan fingerprint density at radius 3 is 1.44 bits per heavy atom. The van der Waals surface area contributed by atoms with E-state index >= 15 is 0 Å². The van der Waals surface area contributed by atoms with E-state index in [0.29, 0.717) is 0 Å². The van der Waals surface area contributed by atoms with Gasteiger partial charge in [0.1, 0.15) is 0 Å². The first-order chi connectivity index (χ1) is 29.2. The Balaban J connectivity index is 1.15. The summed E-state index contributed by atoms with van der Waals surface area (Å²) in [6, 6.07) is 77.5. The van der Waals surface area contributed by atoms with Crippen molar-refractivity contribution in [3.63, 3.8) is 0 Å². The summed E-state index contributed by atoms with van der Waals surface area (Å²) in [6.45, 7) is 2.48. The molecular weight excluding hydrogens is 731 g/mol. The number of rotatable bonds is 4. The van der Waals surface area contributed by atoms with Crippen LogP contribution in [-0.4, -0.2) is 0 Å². The van der Waals surface area contributed by atoms with E-state index in [-0.39, 0.29) is 0 Å². The zero-order chi connectivity index (χ0) is 38.9. The molecule has 0 bridgehead atoms. The van der Waals surface area contributed by atoms with E-state index < -0.39 is 10.8 Å². The van der Waals surface area contributed by atoms with E-state index in [2.05, 4.69) is 218 Å². The van der Waals surface area contributed by atoms with Crippen molar-refractivity contribution >= 4 is 48.6 Å². The van der Waals surface area contributed by atoms with Crippen molar-refractivity contribution in [3.05, 3.63) is 245 Å². The zero-order valence-electron chi connectivity index (χ0n) is 32.5. The molecule has 0 amide bonds. The van der Waals surface area contributed by atoms with Gasteiger partial charge in [-0.25, -0.2) is 0 Å². The summed E-state index contributed by atoms with van der Waals surface area (Å²) in [4.78, 5) is 2.55. The summed E-state index contributed by atoms with van der Waals surface area (Å²) in [5, 5.41) is 2.62. The normalized spacial score (nSPS) is 14.5. The second kappa shape index (κ2) is 12.0. The zero-order valence-corrected chi connectivity index (χ0v) is 33.3. The molecule has 13 rings (SSSR count). The lowest BCUT2D eigenvalue weighted by Gasteiger charge is -2.36. The van der Waals surface area contributed by atoms with Crippen LogP contribution in [0, 0.1) is 0 Å². The number of fused-ring (bicyclic) bond motifs is 16. The Morgan fingerprint density at radius 2 is 0.847 bits per heavy atom. The molecule has 1 aromatic heterocycles. The summed E-state index contributed by atoms with van der Waals surface area (Å²) in [7, 11) is 0. The molecule has 1 heterocycles. The van der Waals surface area contributed by atoms with Crippen LogP contribution < -0.4 is 4.90 Å². The molecule has 0 unspecified atom stereocenters. The van der Waals surface area contributed by atoms with Crippen molar-refractivity contribution in [2.24, 2.45) is 0 Å². The molecule has 10 aromatic rings. The predicted octanol–water partition coefficient (Wildman–Crippen LogP) is 15.2. The Bertz CT molecular complexity index is 3260. The van der Waals surface area contributed by atoms with E-state index in [1.165, 1.54) is 98.2 Å². The van der Waals surface area contributed by atoms with E-state index in [4.69, 9.17) is 0 Å².